The van der Waals surface area contributed by atoms with Crippen LogP contribution in [-0.2, 0) is 30.4 Å². The second-order valence-corrected chi connectivity index (χ2v) is 14.6. The van der Waals surface area contributed by atoms with Gasteiger partial charge in [-0.3, -0.25) is 14.4 Å². The molecule has 1 aromatic heterocycles. The molecule has 3 saturated carbocycles. The molecule has 4 aliphatic carbocycles. The van der Waals surface area contributed by atoms with Gasteiger partial charge in [-0.2, -0.15) is 0 Å². The summed E-state index contributed by atoms with van der Waals surface area (Å²) in [7, 11) is 0. The molecule has 11 nitrogen and oxygen atoms in total. The number of aliphatic carboxylic acids is 1. The van der Waals surface area contributed by atoms with E-state index in [1.54, 1.807) is 6.20 Å². The molecule has 3 fully saturated rings. The number of ketones is 1. The molecule has 0 bridgehead atoms. The summed E-state index contributed by atoms with van der Waals surface area (Å²) in [6.07, 6.45) is 10.9. The zero-order chi connectivity index (χ0) is 33.6. The Kier molecular flexibility index (Phi) is 8.80. The van der Waals surface area contributed by atoms with Crippen LogP contribution in [0.15, 0.2) is 47.3 Å². The highest BCUT2D eigenvalue weighted by Gasteiger charge is 2.65. The third kappa shape index (κ3) is 5.87. The van der Waals surface area contributed by atoms with Gasteiger partial charge in [0.2, 0.25) is 5.91 Å². The Balaban J connectivity index is 0.991. The molecular weight excluding hydrogens is 600 g/mol. The van der Waals surface area contributed by atoms with Crippen molar-refractivity contribution in [2.45, 2.75) is 90.2 Å². The normalized spacial score (nSPS) is 32.8. The van der Waals surface area contributed by atoms with E-state index in [9.17, 15) is 29.4 Å². The SMILES string of the molecule is CC(=O)C1(O)CCC2C3CCC4=CC(=NOCC(=O)NCC(=O)NC(Cc5c[nH]c6ccccc56)C(=O)O)CCC4(C)C3CCC21C. The number of nitrogens with zero attached hydrogens (tertiary/aromatic N) is 1. The van der Waals surface area contributed by atoms with Gasteiger partial charge < -0.3 is 30.7 Å². The number of aliphatic hydroxyl groups is 1. The Labute approximate surface area is 274 Å². The molecule has 5 N–H and O–H groups in total. The quantitative estimate of drug-likeness (QED) is 0.243. The summed E-state index contributed by atoms with van der Waals surface area (Å²) in [6.45, 7) is 5.29. The maximum absolute atomic E-state index is 12.5. The molecule has 1 aromatic carbocycles. The third-order valence-corrected chi connectivity index (χ3v) is 12.3. The minimum atomic E-state index is -1.21. The number of hydrogen-bond donors (Lipinski definition) is 5. The molecule has 11 heteroatoms. The Bertz CT molecular complexity index is 1650. The van der Waals surface area contributed by atoms with Crippen LogP contribution in [0.2, 0.25) is 0 Å². The summed E-state index contributed by atoms with van der Waals surface area (Å²) < 4.78 is 0. The van der Waals surface area contributed by atoms with Gasteiger partial charge in [0.05, 0.1) is 12.3 Å². The van der Waals surface area contributed by atoms with E-state index in [4.69, 9.17) is 4.84 Å². The van der Waals surface area contributed by atoms with Crippen molar-refractivity contribution in [3.05, 3.63) is 47.7 Å². The highest BCUT2D eigenvalue weighted by atomic mass is 16.6. The van der Waals surface area contributed by atoms with Crippen LogP contribution < -0.4 is 10.6 Å². The molecular formula is C36H46N4O7. The van der Waals surface area contributed by atoms with E-state index in [0.29, 0.717) is 24.2 Å². The van der Waals surface area contributed by atoms with Gasteiger partial charge >= 0.3 is 5.97 Å². The van der Waals surface area contributed by atoms with Gasteiger partial charge in [-0.05, 0) is 99.2 Å². The van der Waals surface area contributed by atoms with Gasteiger partial charge in [0.1, 0.15) is 11.6 Å². The highest BCUT2D eigenvalue weighted by molar-refractivity contribution is 5.96. The molecule has 7 unspecified atom stereocenters. The van der Waals surface area contributed by atoms with E-state index in [1.807, 2.05) is 24.3 Å². The van der Waals surface area contributed by atoms with Gasteiger partial charge in [-0.15, -0.1) is 0 Å². The smallest absolute Gasteiger partial charge is 0.326 e. The summed E-state index contributed by atoms with van der Waals surface area (Å²) in [5.74, 6) is -1.08. The van der Waals surface area contributed by atoms with Gasteiger partial charge in [-0.25, -0.2) is 4.79 Å². The molecule has 0 radical (unpaired) electrons. The minimum absolute atomic E-state index is 0.0347. The molecule has 2 aromatic rings. The number of amides is 2. The monoisotopic (exact) mass is 646 g/mol. The number of carboxylic acid groups (broad SMARTS) is 1. The predicted molar refractivity (Wildman–Crippen MR) is 175 cm³/mol. The van der Waals surface area contributed by atoms with Crippen LogP contribution in [0.1, 0.15) is 77.7 Å². The Morgan fingerprint density at radius 3 is 2.57 bits per heavy atom. The van der Waals surface area contributed by atoms with E-state index in [0.717, 1.165) is 67.1 Å². The largest absolute Gasteiger partial charge is 0.480 e. The van der Waals surface area contributed by atoms with Crippen molar-refractivity contribution in [2.24, 2.45) is 33.7 Å². The van der Waals surface area contributed by atoms with Crippen molar-refractivity contribution < 1.29 is 34.2 Å². The second kappa shape index (κ2) is 12.6. The van der Waals surface area contributed by atoms with Crippen LogP contribution in [0.4, 0.5) is 0 Å². The van der Waals surface area contributed by atoms with Gasteiger partial charge in [0.15, 0.2) is 12.4 Å². The molecule has 2 amide bonds. The minimum Gasteiger partial charge on any atom is -0.480 e. The Hall–Kier alpha value is -3.99. The average molecular weight is 647 g/mol. The second-order valence-electron chi connectivity index (χ2n) is 14.6. The number of H-pyrrole nitrogens is 1. The number of aromatic nitrogens is 1. The van der Waals surface area contributed by atoms with Crippen LogP contribution in [-0.4, -0.2) is 69.3 Å². The summed E-state index contributed by atoms with van der Waals surface area (Å²) in [5, 5.41) is 31.1. The lowest BCUT2D eigenvalue weighted by Crippen LogP contribution is -2.57. The summed E-state index contributed by atoms with van der Waals surface area (Å²) in [4.78, 5) is 57.7. The number of carbonyl (C=O) groups is 4. The standard InChI is InChI=1S/C36H46N4O7/c1-21(41)36(46)15-12-28-26-9-8-23-17-24(10-13-34(23,2)27(26)11-14-35(28,36)3)40-47-20-32(43)38-19-31(42)39-30(33(44)45)16-22-18-37-29-7-5-4-6-25(22)29/h4-7,17-18,26-28,30,37,46H,8-16,19-20H2,1-3H3,(H,38,43)(H,39,42)(H,44,45). The zero-order valence-corrected chi connectivity index (χ0v) is 27.4. The van der Waals surface area contributed by atoms with Crippen molar-refractivity contribution in [1.29, 1.82) is 0 Å². The molecule has 6 rings (SSSR count). The number of fused-ring (bicyclic) bond motifs is 6. The topological polar surface area (TPSA) is 170 Å². The van der Waals surface area contributed by atoms with E-state index < -0.39 is 29.4 Å². The first-order valence-corrected chi connectivity index (χ1v) is 16.8. The van der Waals surface area contributed by atoms with E-state index in [2.05, 4.69) is 40.7 Å². The molecule has 0 aliphatic heterocycles. The summed E-state index contributed by atoms with van der Waals surface area (Å²) in [5.41, 5.74) is 2.27. The molecule has 47 heavy (non-hydrogen) atoms. The van der Waals surface area contributed by atoms with Crippen molar-refractivity contribution >= 4 is 40.2 Å². The highest BCUT2D eigenvalue weighted by Crippen LogP contribution is 2.67. The van der Waals surface area contributed by atoms with Crippen molar-refractivity contribution in [3.63, 3.8) is 0 Å². The van der Waals surface area contributed by atoms with Crippen LogP contribution >= 0.6 is 0 Å². The molecule has 7 atom stereocenters. The fraction of sp³-hybridized carbons (Fsp3) is 0.583. The first kappa shape index (κ1) is 32.9. The average Bonchev–Trinajstić information content (AvgIpc) is 3.58. The number of aromatic amines is 1. The fourth-order valence-corrected chi connectivity index (χ4v) is 9.61. The van der Waals surface area contributed by atoms with Gasteiger partial charge in [0.25, 0.3) is 5.91 Å². The van der Waals surface area contributed by atoms with Crippen LogP contribution in [0.3, 0.4) is 0 Å². The van der Waals surface area contributed by atoms with Crippen LogP contribution in [0.5, 0.6) is 0 Å². The number of benzene rings is 1. The number of nitrogens with one attached hydrogen (secondary N) is 3. The van der Waals surface area contributed by atoms with Crippen LogP contribution in [0, 0.1) is 28.6 Å². The number of para-hydroxylation sites is 1. The van der Waals surface area contributed by atoms with Gasteiger partial charge in [0, 0.05) is 28.9 Å². The molecule has 0 spiro atoms. The number of Topliss-reactive ketones (excluding diaryl/α,β-unsaturated/α-hetero) is 1. The molecule has 0 saturated heterocycles. The zero-order valence-electron chi connectivity index (χ0n) is 27.4. The number of rotatable bonds is 10. The number of allylic oxidation sites excluding steroid dienone is 2. The third-order valence-electron chi connectivity index (χ3n) is 12.3. The lowest BCUT2D eigenvalue weighted by atomic mass is 9.46. The first-order valence-electron chi connectivity index (χ1n) is 16.8. The van der Waals surface area contributed by atoms with Crippen LogP contribution in [0.25, 0.3) is 10.9 Å². The van der Waals surface area contributed by atoms with E-state index in [-0.39, 0.29) is 36.2 Å². The van der Waals surface area contributed by atoms with Gasteiger partial charge in [-0.1, -0.05) is 42.8 Å². The lowest BCUT2D eigenvalue weighted by Gasteiger charge is -2.59. The van der Waals surface area contributed by atoms with Crippen molar-refractivity contribution in [1.82, 2.24) is 15.6 Å². The maximum atomic E-state index is 12.5. The molecule has 252 valence electrons. The number of carbonyl (C=O) groups excluding carboxylic acids is 3. The first-order chi connectivity index (χ1) is 22.4. The Morgan fingerprint density at radius 1 is 1.04 bits per heavy atom. The fourth-order valence-electron chi connectivity index (χ4n) is 9.61. The predicted octanol–water partition coefficient (Wildman–Crippen LogP) is 4.05. The number of hydrogen-bond acceptors (Lipinski definition) is 7. The lowest BCUT2D eigenvalue weighted by molar-refractivity contribution is -0.159. The molecule has 4 aliphatic rings. The van der Waals surface area contributed by atoms with E-state index in [1.165, 1.54) is 12.5 Å². The van der Waals surface area contributed by atoms with Crippen molar-refractivity contribution in [2.75, 3.05) is 13.2 Å². The van der Waals surface area contributed by atoms with E-state index >= 15 is 0 Å². The number of oxime groups is 1. The number of carboxylic acids is 1. The van der Waals surface area contributed by atoms with Crippen molar-refractivity contribution in [3.8, 4) is 0 Å². The summed E-state index contributed by atoms with van der Waals surface area (Å²) in [6, 6.07) is 6.37. The molecule has 1 heterocycles. The Morgan fingerprint density at radius 2 is 1.81 bits per heavy atom. The summed E-state index contributed by atoms with van der Waals surface area (Å²) >= 11 is 0. The maximum Gasteiger partial charge on any atom is 0.326 e.